The van der Waals surface area contributed by atoms with Gasteiger partial charge in [-0.15, -0.1) is 0 Å². The predicted molar refractivity (Wildman–Crippen MR) is 69.4 cm³/mol. The van der Waals surface area contributed by atoms with E-state index in [0.29, 0.717) is 0 Å². The van der Waals surface area contributed by atoms with Gasteiger partial charge in [0.15, 0.2) is 0 Å². The van der Waals surface area contributed by atoms with Crippen LogP contribution >= 0.6 is 0 Å². The number of carbonyl (C=O) groups excluding carboxylic acids is 1. The third kappa shape index (κ3) is 1.93. The second-order valence-electron chi connectivity index (χ2n) is 5.32. The molecule has 0 spiro atoms. The maximum Gasteiger partial charge on any atom is 0.254 e. The number of hydrogen-bond acceptors (Lipinski definition) is 2. The number of nitrogens with zero attached hydrogens (tertiary/aromatic N) is 1. The summed E-state index contributed by atoms with van der Waals surface area (Å²) in [4.78, 5) is 14.5. The molecule has 0 aromatic heterocycles. The predicted octanol–water partition coefficient (Wildman–Crippen LogP) is 1.99. The number of hydrogen-bond donors (Lipinski definition) is 1. The number of amides is 1. The Hall–Kier alpha value is -1.35. The van der Waals surface area contributed by atoms with E-state index >= 15 is 0 Å². The average Bonchev–Trinajstić information content (AvgIpc) is 2.73. The third-order valence-electron chi connectivity index (χ3n) is 4.20. The van der Waals surface area contributed by atoms with E-state index in [4.69, 9.17) is 0 Å². The fraction of sp³-hybridized carbons (Fsp3) is 0.533. The first-order valence-corrected chi connectivity index (χ1v) is 6.84. The van der Waals surface area contributed by atoms with Gasteiger partial charge in [-0.05, 0) is 43.7 Å². The maximum atomic E-state index is 12.6. The van der Waals surface area contributed by atoms with Gasteiger partial charge in [0, 0.05) is 12.1 Å². The van der Waals surface area contributed by atoms with Crippen LogP contribution in [0, 0.1) is 0 Å². The van der Waals surface area contributed by atoms with E-state index in [0.717, 1.165) is 49.8 Å². The Labute approximate surface area is 107 Å². The standard InChI is InChI=1S/C15H19NO2/c17-14-9-3-8-13(14)16-10-4-6-11-5-1-2-7-12(11)15(16)18/h1-2,5,7,13-14,17H,3-4,6,8-10H2/t13-,14-/m0/s1. The van der Waals surface area contributed by atoms with Crippen molar-refractivity contribution in [3.8, 4) is 0 Å². The van der Waals surface area contributed by atoms with Crippen molar-refractivity contribution >= 4 is 5.91 Å². The molecule has 2 atom stereocenters. The molecule has 1 saturated carbocycles. The normalized spacial score (nSPS) is 28.1. The molecule has 0 radical (unpaired) electrons. The van der Waals surface area contributed by atoms with E-state index < -0.39 is 0 Å². The average molecular weight is 245 g/mol. The lowest BCUT2D eigenvalue weighted by Crippen LogP contribution is -2.44. The van der Waals surface area contributed by atoms with Gasteiger partial charge in [0.2, 0.25) is 0 Å². The van der Waals surface area contributed by atoms with Crippen LogP contribution in [0.2, 0.25) is 0 Å². The van der Waals surface area contributed by atoms with Crippen LogP contribution in [0.3, 0.4) is 0 Å². The largest absolute Gasteiger partial charge is 0.391 e. The maximum absolute atomic E-state index is 12.6. The molecule has 1 amide bonds. The zero-order valence-electron chi connectivity index (χ0n) is 10.5. The van der Waals surface area contributed by atoms with Gasteiger partial charge in [-0.1, -0.05) is 18.2 Å². The van der Waals surface area contributed by atoms with E-state index in [9.17, 15) is 9.90 Å². The molecule has 18 heavy (non-hydrogen) atoms. The summed E-state index contributed by atoms with van der Waals surface area (Å²) in [6.07, 6.45) is 4.41. The lowest BCUT2D eigenvalue weighted by atomic mass is 10.0. The van der Waals surface area contributed by atoms with Gasteiger partial charge in [0.25, 0.3) is 5.91 Å². The summed E-state index contributed by atoms with van der Waals surface area (Å²) in [5.41, 5.74) is 1.98. The molecule has 1 aromatic rings. The molecule has 0 saturated heterocycles. The second kappa shape index (κ2) is 4.73. The first kappa shape index (κ1) is 11.7. The Kier molecular flexibility index (Phi) is 3.08. The molecule has 3 rings (SSSR count). The van der Waals surface area contributed by atoms with Gasteiger partial charge < -0.3 is 10.0 Å². The van der Waals surface area contributed by atoms with Crippen molar-refractivity contribution in [3.63, 3.8) is 0 Å². The molecule has 2 aliphatic rings. The number of fused-ring (bicyclic) bond motifs is 1. The minimum Gasteiger partial charge on any atom is -0.391 e. The zero-order chi connectivity index (χ0) is 12.5. The molecular weight excluding hydrogens is 226 g/mol. The fourth-order valence-electron chi connectivity index (χ4n) is 3.24. The van der Waals surface area contributed by atoms with Crippen molar-refractivity contribution in [2.75, 3.05) is 6.54 Å². The van der Waals surface area contributed by atoms with E-state index in [2.05, 4.69) is 0 Å². The molecule has 3 nitrogen and oxygen atoms in total. The first-order chi connectivity index (χ1) is 8.77. The highest BCUT2D eigenvalue weighted by Gasteiger charge is 2.35. The number of aliphatic hydroxyl groups is 1. The summed E-state index contributed by atoms with van der Waals surface area (Å²) in [5.74, 6) is 0.106. The van der Waals surface area contributed by atoms with Crippen molar-refractivity contribution in [1.82, 2.24) is 4.90 Å². The second-order valence-corrected chi connectivity index (χ2v) is 5.32. The van der Waals surface area contributed by atoms with Crippen LogP contribution in [0.25, 0.3) is 0 Å². The van der Waals surface area contributed by atoms with Crippen molar-refractivity contribution < 1.29 is 9.90 Å². The van der Waals surface area contributed by atoms with Crippen molar-refractivity contribution in [3.05, 3.63) is 35.4 Å². The number of aliphatic hydroxyl groups excluding tert-OH is 1. The number of aryl methyl sites for hydroxylation is 1. The Bertz CT molecular complexity index is 458. The molecule has 1 aliphatic carbocycles. The van der Waals surface area contributed by atoms with E-state index in [1.807, 2.05) is 29.2 Å². The molecule has 0 bridgehead atoms. The van der Waals surface area contributed by atoms with Crippen LogP contribution in [0.1, 0.15) is 41.6 Å². The summed E-state index contributed by atoms with van der Waals surface area (Å²) in [6.45, 7) is 0.773. The Morgan fingerprint density at radius 3 is 2.78 bits per heavy atom. The molecule has 1 N–H and O–H groups in total. The molecule has 1 aliphatic heterocycles. The monoisotopic (exact) mass is 245 g/mol. The zero-order valence-corrected chi connectivity index (χ0v) is 10.5. The quantitative estimate of drug-likeness (QED) is 0.822. The molecule has 96 valence electrons. The van der Waals surface area contributed by atoms with Gasteiger partial charge in [-0.25, -0.2) is 0 Å². The van der Waals surface area contributed by atoms with Gasteiger partial charge in [-0.3, -0.25) is 4.79 Å². The van der Waals surface area contributed by atoms with Crippen molar-refractivity contribution in [1.29, 1.82) is 0 Å². The highest BCUT2D eigenvalue weighted by atomic mass is 16.3. The first-order valence-electron chi connectivity index (χ1n) is 6.84. The third-order valence-corrected chi connectivity index (χ3v) is 4.20. The lowest BCUT2D eigenvalue weighted by Gasteiger charge is -2.30. The van der Waals surface area contributed by atoms with Crippen LogP contribution in [0.5, 0.6) is 0 Å². The fourth-order valence-corrected chi connectivity index (χ4v) is 3.24. The van der Waals surface area contributed by atoms with Gasteiger partial charge in [0.05, 0.1) is 12.1 Å². The van der Waals surface area contributed by atoms with Crippen LogP contribution in [-0.4, -0.2) is 34.6 Å². The lowest BCUT2D eigenvalue weighted by molar-refractivity contribution is 0.0463. The highest BCUT2D eigenvalue weighted by Crippen LogP contribution is 2.28. The summed E-state index contributed by atoms with van der Waals surface area (Å²) in [5, 5.41) is 10.0. The van der Waals surface area contributed by atoms with Crippen LogP contribution < -0.4 is 0 Å². The molecule has 3 heteroatoms. The summed E-state index contributed by atoms with van der Waals surface area (Å²) in [7, 11) is 0. The molecular formula is C15H19NO2. The molecule has 0 unspecified atom stereocenters. The van der Waals surface area contributed by atoms with Gasteiger partial charge in [0.1, 0.15) is 0 Å². The summed E-state index contributed by atoms with van der Waals surface area (Å²) >= 11 is 0. The molecule has 1 fully saturated rings. The van der Waals surface area contributed by atoms with Crippen LogP contribution in [-0.2, 0) is 6.42 Å². The SMILES string of the molecule is O=C1c2ccccc2CCCN1[C@H]1CCC[C@@H]1O. The Morgan fingerprint density at radius 2 is 2.00 bits per heavy atom. The highest BCUT2D eigenvalue weighted by molar-refractivity contribution is 5.96. The van der Waals surface area contributed by atoms with E-state index in [1.165, 1.54) is 0 Å². The van der Waals surface area contributed by atoms with Crippen molar-refractivity contribution in [2.24, 2.45) is 0 Å². The molecule has 1 aromatic carbocycles. The van der Waals surface area contributed by atoms with E-state index in [-0.39, 0.29) is 18.1 Å². The van der Waals surface area contributed by atoms with Gasteiger partial charge in [-0.2, -0.15) is 0 Å². The van der Waals surface area contributed by atoms with Crippen LogP contribution in [0.4, 0.5) is 0 Å². The van der Waals surface area contributed by atoms with Crippen LogP contribution in [0.15, 0.2) is 24.3 Å². The smallest absolute Gasteiger partial charge is 0.254 e. The number of carbonyl (C=O) groups is 1. The minimum absolute atomic E-state index is 0.0312. The van der Waals surface area contributed by atoms with Crippen molar-refractivity contribution in [2.45, 2.75) is 44.2 Å². The minimum atomic E-state index is -0.334. The molecule has 1 heterocycles. The Morgan fingerprint density at radius 1 is 1.17 bits per heavy atom. The number of benzene rings is 1. The summed E-state index contributed by atoms with van der Waals surface area (Å²) < 4.78 is 0. The van der Waals surface area contributed by atoms with E-state index in [1.54, 1.807) is 0 Å². The Balaban J connectivity index is 1.92. The number of rotatable bonds is 1. The summed E-state index contributed by atoms with van der Waals surface area (Å²) in [6, 6.07) is 7.90. The van der Waals surface area contributed by atoms with Gasteiger partial charge >= 0.3 is 0 Å². The topological polar surface area (TPSA) is 40.5 Å².